The van der Waals surface area contributed by atoms with Crippen LogP contribution in [0.2, 0.25) is 0 Å². The van der Waals surface area contributed by atoms with E-state index < -0.39 is 0 Å². The zero-order chi connectivity index (χ0) is 24.1. The third-order valence-corrected chi connectivity index (χ3v) is 6.62. The second-order valence-electron chi connectivity index (χ2n) is 9.36. The van der Waals surface area contributed by atoms with E-state index in [9.17, 15) is 14.0 Å². The van der Waals surface area contributed by atoms with E-state index in [2.05, 4.69) is 17.1 Å². The number of carbonyl (C=O) groups excluding carboxylic acids is 2. The van der Waals surface area contributed by atoms with Crippen LogP contribution in [0, 0.1) is 31.5 Å². The van der Waals surface area contributed by atoms with Crippen molar-refractivity contribution in [3.8, 4) is 0 Å². The van der Waals surface area contributed by atoms with Gasteiger partial charge in [-0.05, 0) is 81.1 Å². The molecule has 0 aromatic heterocycles. The molecule has 1 saturated heterocycles. The lowest BCUT2D eigenvalue weighted by molar-refractivity contribution is -0.124. The number of halogens is 1. The van der Waals surface area contributed by atoms with Crippen LogP contribution >= 0.6 is 0 Å². The van der Waals surface area contributed by atoms with Crippen molar-refractivity contribution in [2.45, 2.75) is 40.5 Å². The molecule has 2 atom stereocenters. The summed E-state index contributed by atoms with van der Waals surface area (Å²) in [5, 5.41) is 2.98. The predicted octanol–water partition coefficient (Wildman–Crippen LogP) is 4.36. The first kappa shape index (κ1) is 24.9. The second kappa shape index (κ2) is 10.9. The first-order chi connectivity index (χ1) is 15.7. The van der Waals surface area contributed by atoms with Gasteiger partial charge >= 0.3 is 0 Å². The number of nitrogens with one attached hydrogen (secondary N) is 1. The van der Waals surface area contributed by atoms with Gasteiger partial charge in [-0.2, -0.15) is 0 Å². The fraction of sp³-hybridized carbons (Fsp3) is 0.481. The fourth-order valence-corrected chi connectivity index (χ4v) is 4.75. The molecule has 3 rings (SSSR count). The van der Waals surface area contributed by atoms with Gasteiger partial charge < -0.3 is 15.1 Å². The number of carbonyl (C=O) groups is 2. The highest BCUT2D eigenvalue weighted by Gasteiger charge is 2.34. The van der Waals surface area contributed by atoms with Gasteiger partial charge in [0.05, 0.1) is 0 Å². The Bertz CT molecular complexity index is 984. The summed E-state index contributed by atoms with van der Waals surface area (Å²) in [4.78, 5) is 29.8. The maximum absolute atomic E-state index is 14.2. The standard InChI is InChI=1S/C27H36FN3O2/c1-6-30(5)12-11-29-26(32)23-14-18(2)25(19(3)15-23)31-17-21(13-20(4)27(31)33)16-22-9-7-8-10-24(22)28/h7-10,14-15,20-21H,6,11-13,16-17H2,1-5H3,(H,29,32)/t20-,21-/m1/s1. The molecule has 0 radical (unpaired) electrons. The van der Waals surface area contributed by atoms with Crippen molar-refractivity contribution >= 4 is 17.5 Å². The molecule has 0 bridgehead atoms. The quantitative estimate of drug-likeness (QED) is 0.646. The van der Waals surface area contributed by atoms with Crippen LogP contribution in [0.25, 0.3) is 0 Å². The lowest BCUT2D eigenvalue weighted by Gasteiger charge is -2.38. The summed E-state index contributed by atoms with van der Waals surface area (Å²) < 4.78 is 14.2. The molecule has 0 aliphatic carbocycles. The van der Waals surface area contributed by atoms with Gasteiger partial charge in [0.25, 0.3) is 5.91 Å². The summed E-state index contributed by atoms with van der Waals surface area (Å²) in [7, 11) is 2.02. The number of anilines is 1. The van der Waals surface area contributed by atoms with E-state index in [1.807, 2.05) is 57.0 Å². The van der Waals surface area contributed by atoms with Crippen LogP contribution in [0.4, 0.5) is 10.1 Å². The maximum Gasteiger partial charge on any atom is 0.251 e. The van der Waals surface area contributed by atoms with E-state index in [4.69, 9.17) is 0 Å². The van der Waals surface area contributed by atoms with Crippen LogP contribution in [0.1, 0.15) is 47.3 Å². The van der Waals surface area contributed by atoms with E-state index in [1.165, 1.54) is 6.07 Å². The van der Waals surface area contributed by atoms with Crippen molar-refractivity contribution in [2.24, 2.45) is 11.8 Å². The Morgan fingerprint density at radius 3 is 2.52 bits per heavy atom. The molecule has 6 heteroatoms. The van der Waals surface area contributed by atoms with E-state index in [-0.39, 0.29) is 29.5 Å². The monoisotopic (exact) mass is 453 g/mol. The molecule has 5 nitrogen and oxygen atoms in total. The van der Waals surface area contributed by atoms with E-state index in [1.54, 1.807) is 6.07 Å². The Balaban J connectivity index is 1.78. The van der Waals surface area contributed by atoms with Crippen molar-refractivity contribution < 1.29 is 14.0 Å². The molecular formula is C27H36FN3O2. The zero-order valence-electron chi connectivity index (χ0n) is 20.5. The molecule has 2 aromatic rings. The molecule has 1 aliphatic rings. The molecule has 33 heavy (non-hydrogen) atoms. The lowest BCUT2D eigenvalue weighted by atomic mass is 9.84. The van der Waals surface area contributed by atoms with Crippen LogP contribution in [0.5, 0.6) is 0 Å². The summed E-state index contributed by atoms with van der Waals surface area (Å²) in [6.07, 6.45) is 1.35. The van der Waals surface area contributed by atoms with Crippen LogP contribution in [-0.4, -0.2) is 49.9 Å². The van der Waals surface area contributed by atoms with Crippen LogP contribution in [-0.2, 0) is 11.2 Å². The SMILES string of the molecule is CCN(C)CCNC(=O)c1cc(C)c(N2C[C@@H](Cc3ccccc3F)C[C@@H](C)C2=O)c(C)c1. The first-order valence-electron chi connectivity index (χ1n) is 11.8. The number of rotatable bonds is 8. The van der Waals surface area contributed by atoms with Gasteiger partial charge in [0.15, 0.2) is 0 Å². The van der Waals surface area contributed by atoms with Crippen molar-refractivity contribution in [3.63, 3.8) is 0 Å². The highest BCUT2D eigenvalue weighted by molar-refractivity contribution is 5.99. The van der Waals surface area contributed by atoms with Gasteiger partial charge in [-0.25, -0.2) is 4.39 Å². The Labute approximate surface area is 197 Å². The van der Waals surface area contributed by atoms with Crippen LogP contribution < -0.4 is 10.2 Å². The predicted molar refractivity (Wildman–Crippen MR) is 131 cm³/mol. The molecule has 0 spiro atoms. The van der Waals surface area contributed by atoms with Gasteiger partial charge in [0, 0.05) is 36.8 Å². The normalized spacial score (nSPS) is 18.6. The summed E-state index contributed by atoms with van der Waals surface area (Å²) in [5.74, 6) is -0.167. The number of hydrogen-bond acceptors (Lipinski definition) is 3. The van der Waals surface area contributed by atoms with Gasteiger partial charge in [-0.3, -0.25) is 9.59 Å². The number of piperidine rings is 1. The van der Waals surface area contributed by atoms with Gasteiger partial charge in [0.1, 0.15) is 5.82 Å². The van der Waals surface area contributed by atoms with Gasteiger partial charge in [0.2, 0.25) is 5.91 Å². The van der Waals surface area contributed by atoms with Crippen molar-refractivity contribution in [1.82, 2.24) is 10.2 Å². The number of benzene rings is 2. The van der Waals surface area contributed by atoms with Crippen molar-refractivity contribution in [3.05, 3.63) is 64.5 Å². The average molecular weight is 454 g/mol. The molecule has 2 amide bonds. The smallest absolute Gasteiger partial charge is 0.251 e. The fourth-order valence-electron chi connectivity index (χ4n) is 4.75. The van der Waals surface area contributed by atoms with E-state index in [0.717, 1.165) is 36.3 Å². The molecule has 2 aromatic carbocycles. The van der Waals surface area contributed by atoms with E-state index in [0.29, 0.717) is 30.6 Å². The minimum atomic E-state index is -0.193. The highest BCUT2D eigenvalue weighted by atomic mass is 19.1. The summed E-state index contributed by atoms with van der Waals surface area (Å²) in [6.45, 7) is 10.8. The van der Waals surface area contributed by atoms with Crippen LogP contribution in [0.3, 0.4) is 0 Å². The topological polar surface area (TPSA) is 52.7 Å². The third kappa shape index (κ3) is 5.99. The Morgan fingerprint density at radius 2 is 1.88 bits per heavy atom. The molecule has 1 heterocycles. The number of amides is 2. The largest absolute Gasteiger partial charge is 0.351 e. The summed E-state index contributed by atoms with van der Waals surface area (Å²) >= 11 is 0. The third-order valence-electron chi connectivity index (χ3n) is 6.62. The molecule has 1 fully saturated rings. The molecular weight excluding hydrogens is 417 g/mol. The second-order valence-corrected chi connectivity index (χ2v) is 9.36. The number of aryl methyl sites for hydroxylation is 2. The Hall–Kier alpha value is -2.73. The van der Waals surface area contributed by atoms with Gasteiger partial charge in [-0.1, -0.05) is 32.0 Å². The average Bonchev–Trinajstić information content (AvgIpc) is 2.77. The van der Waals surface area contributed by atoms with Crippen LogP contribution in [0.15, 0.2) is 36.4 Å². The number of hydrogen-bond donors (Lipinski definition) is 1. The molecule has 1 N–H and O–H groups in total. The molecule has 0 saturated carbocycles. The van der Waals surface area contributed by atoms with Crippen molar-refractivity contribution in [2.75, 3.05) is 38.1 Å². The Morgan fingerprint density at radius 1 is 1.21 bits per heavy atom. The maximum atomic E-state index is 14.2. The zero-order valence-corrected chi connectivity index (χ0v) is 20.5. The molecule has 1 aliphatic heterocycles. The summed E-state index contributed by atoms with van der Waals surface area (Å²) in [5.41, 5.74) is 3.97. The first-order valence-corrected chi connectivity index (χ1v) is 11.8. The Kier molecular flexibility index (Phi) is 8.25. The van der Waals surface area contributed by atoms with Gasteiger partial charge in [-0.15, -0.1) is 0 Å². The molecule has 0 unspecified atom stereocenters. The van der Waals surface area contributed by atoms with Crippen molar-refractivity contribution in [1.29, 1.82) is 0 Å². The highest BCUT2D eigenvalue weighted by Crippen LogP contribution is 2.34. The summed E-state index contributed by atoms with van der Waals surface area (Å²) in [6, 6.07) is 10.6. The number of nitrogens with zero attached hydrogens (tertiary/aromatic N) is 2. The minimum absolute atomic E-state index is 0.0887. The number of likely N-dealkylation sites (N-methyl/N-ethyl adjacent to an activating group) is 1. The lowest BCUT2D eigenvalue weighted by Crippen LogP contribution is -2.46. The van der Waals surface area contributed by atoms with E-state index >= 15 is 0 Å². The molecule has 178 valence electrons. The minimum Gasteiger partial charge on any atom is -0.351 e.